The van der Waals surface area contributed by atoms with Crippen LogP contribution >= 0.6 is 0 Å². The lowest BCUT2D eigenvalue weighted by Gasteiger charge is -2.31. The number of ether oxygens (including phenoxy) is 1. The molecule has 0 aliphatic carbocycles. The third-order valence-electron chi connectivity index (χ3n) is 5.21. The zero-order valence-corrected chi connectivity index (χ0v) is 15.9. The van der Waals surface area contributed by atoms with E-state index in [0.29, 0.717) is 36.7 Å². The molecule has 0 radical (unpaired) electrons. The molecule has 2 atom stereocenters. The van der Waals surface area contributed by atoms with Crippen LogP contribution < -0.4 is 10.1 Å². The first kappa shape index (κ1) is 18.4. The monoisotopic (exact) mass is 382 g/mol. The largest absolute Gasteiger partial charge is 0.492 e. The molecule has 2 aliphatic rings. The van der Waals surface area contributed by atoms with Crippen LogP contribution in [0, 0.1) is 11.7 Å². The van der Waals surface area contributed by atoms with E-state index in [4.69, 9.17) is 4.74 Å². The van der Waals surface area contributed by atoms with Gasteiger partial charge < -0.3 is 15.0 Å². The summed E-state index contributed by atoms with van der Waals surface area (Å²) in [6.07, 6.45) is 0. The number of carbonyl (C=O) groups is 1. The van der Waals surface area contributed by atoms with Gasteiger partial charge in [-0.3, -0.25) is 0 Å². The number of nitrogens with one attached hydrogen (secondary N) is 1. The Morgan fingerprint density at radius 2 is 2.11 bits per heavy atom. The Labute approximate surface area is 163 Å². The van der Waals surface area contributed by atoms with Crippen LogP contribution in [0.25, 0.3) is 0 Å². The number of likely N-dealkylation sites (N-methyl/N-ethyl adjacent to an activating group) is 2. The van der Waals surface area contributed by atoms with E-state index in [-0.39, 0.29) is 23.8 Å². The van der Waals surface area contributed by atoms with E-state index in [2.05, 4.69) is 10.4 Å². The van der Waals surface area contributed by atoms with Crippen LogP contribution in [-0.4, -0.2) is 55.4 Å². The van der Waals surface area contributed by atoms with Crippen LogP contribution in [0.2, 0.25) is 0 Å². The van der Waals surface area contributed by atoms with Crippen molar-refractivity contribution in [3.8, 4) is 5.75 Å². The van der Waals surface area contributed by atoms with Crippen LogP contribution in [0.5, 0.6) is 5.75 Å². The summed E-state index contributed by atoms with van der Waals surface area (Å²) < 4.78 is 19.8. The Kier molecular flexibility index (Phi) is 5.00. The third kappa shape index (κ3) is 3.22. The van der Waals surface area contributed by atoms with Crippen molar-refractivity contribution in [2.24, 2.45) is 11.0 Å². The zero-order valence-electron chi connectivity index (χ0n) is 15.9. The lowest BCUT2D eigenvalue weighted by molar-refractivity contribution is 0.134. The van der Waals surface area contributed by atoms with Crippen molar-refractivity contribution in [2.45, 2.75) is 6.04 Å². The van der Waals surface area contributed by atoms with Crippen LogP contribution in [0.3, 0.4) is 0 Å². The molecule has 0 aromatic heterocycles. The molecule has 6 nitrogen and oxygen atoms in total. The molecule has 0 bridgehead atoms. The van der Waals surface area contributed by atoms with E-state index in [1.54, 1.807) is 18.0 Å². The summed E-state index contributed by atoms with van der Waals surface area (Å²) in [5.74, 6) is 0.0947. The molecule has 2 aliphatic heterocycles. The Balaban J connectivity index is 1.74. The molecule has 7 heteroatoms. The summed E-state index contributed by atoms with van der Waals surface area (Å²) in [7, 11) is 3.60. The summed E-state index contributed by atoms with van der Waals surface area (Å²) in [5.41, 5.74) is 2.29. The van der Waals surface area contributed by atoms with Crippen LogP contribution in [-0.2, 0) is 0 Å². The molecule has 1 N–H and O–H groups in total. The Bertz CT molecular complexity index is 903. The molecular formula is C21H23FN4O2. The number of amides is 2. The van der Waals surface area contributed by atoms with Crippen molar-refractivity contribution in [3.05, 3.63) is 65.5 Å². The number of hydrogen-bond acceptors (Lipinski definition) is 4. The standard InChI is InChI=1S/C21H23FN4O2/c1-23-10-11-25(2)21(27)26-20(14-6-4-3-5-7-14)17-13-28-18-9-8-15(22)12-16(18)19(17)24-26/h3-9,12,17,20,23H,10-11,13H2,1-2H3/t17-,20-/m1/s1. The van der Waals surface area contributed by atoms with E-state index >= 15 is 0 Å². The molecule has 0 saturated carbocycles. The van der Waals surface area contributed by atoms with Gasteiger partial charge in [0.1, 0.15) is 11.6 Å². The minimum absolute atomic E-state index is 0.154. The molecule has 0 unspecified atom stereocenters. The fourth-order valence-electron chi connectivity index (χ4n) is 3.74. The number of halogens is 1. The van der Waals surface area contributed by atoms with Gasteiger partial charge in [0, 0.05) is 25.7 Å². The van der Waals surface area contributed by atoms with Gasteiger partial charge in [0.2, 0.25) is 0 Å². The van der Waals surface area contributed by atoms with Crippen molar-refractivity contribution < 1.29 is 13.9 Å². The van der Waals surface area contributed by atoms with Crippen molar-refractivity contribution in [1.29, 1.82) is 0 Å². The number of nitrogens with zero attached hydrogens (tertiary/aromatic N) is 3. The number of fused-ring (bicyclic) bond motifs is 3. The summed E-state index contributed by atoms with van der Waals surface area (Å²) in [5, 5.41) is 9.24. The zero-order chi connectivity index (χ0) is 19.7. The van der Waals surface area contributed by atoms with Crippen LogP contribution in [0.1, 0.15) is 17.2 Å². The maximum Gasteiger partial charge on any atom is 0.340 e. The van der Waals surface area contributed by atoms with Gasteiger partial charge in [-0.05, 0) is 30.8 Å². The van der Waals surface area contributed by atoms with Crippen molar-refractivity contribution in [3.63, 3.8) is 0 Å². The quantitative estimate of drug-likeness (QED) is 0.885. The van der Waals surface area contributed by atoms with Gasteiger partial charge in [-0.15, -0.1) is 0 Å². The Morgan fingerprint density at radius 3 is 2.86 bits per heavy atom. The summed E-state index contributed by atoms with van der Waals surface area (Å²) >= 11 is 0. The topological polar surface area (TPSA) is 57.2 Å². The molecule has 2 amide bonds. The second-order valence-electron chi connectivity index (χ2n) is 7.05. The average molecular weight is 382 g/mol. The van der Waals surface area contributed by atoms with Gasteiger partial charge in [-0.25, -0.2) is 14.2 Å². The predicted molar refractivity (Wildman–Crippen MR) is 105 cm³/mol. The Morgan fingerprint density at radius 1 is 1.32 bits per heavy atom. The number of hydrogen-bond donors (Lipinski definition) is 1. The lowest BCUT2D eigenvalue weighted by atomic mass is 9.86. The van der Waals surface area contributed by atoms with E-state index < -0.39 is 0 Å². The van der Waals surface area contributed by atoms with E-state index in [1.807, 2.05) is 37.4 Å². The molecular weight excluding hydrogens is 359 g/mol. The highest BCUT2D eigenvalue weighted by atomic mass is 19.1. The highest BCUT2D eigenvalue weighted by molar-refractivity contribution is 6.07. The molecule has 2 heterocycles. The smallest absolute Gasteiger partial charge is 0.340 e. The molecule has 28 heavy (non-hydrogen) atoms. The van der Waals surface area contributed by atoms with Crippen LogP contribution in [0.15, 0.2) is 53.6 Å². The van der Waals surface area contributed by atoms with Gasteiger partial charge in [0.25, 0.3) is 0 Å². The number of hydrazone groups is 1. The van der Waals surface area contributed by atoms with E-state index in [0.717, 1.165) is 5.56 Å². The minimum Gasteiger partial charge on any atom is -0.492 e. The number of carbonyl (C=O) groups excluding carboxylic acids is 1. The second-order valence-corrected chi connectivity index (χ2v) is 7.05. The summed E-state index contributed by atoms with van der Waals surface area (Å²) in [6, 6.07) is 13.7. The number of urea groups is 1. The van der Waals surface area contributed by atoms with Crippen molar-refractivity contribution in [1.82, 2.24) is 15.2 Å². The van der Waals surface area contributed by atoms with Gasteiger partial charge in [0.15, 0.2) is 0 Å². The highest BCUT2D eigenvalue weighted by Crippen LogP contribution is 2.42. The third-order valence-corrected chi connectivity index (χ3v) is 5.21. The second kappa shape index (κ2) is 7.59. The van der Waals surface area contributed by atoms with E-state index in [1.165, 1.54) is 17.1 Å². The molecule has 2 aromatic rings. The fraction of sp³-hybridized carbons (Fsp3) is 0.333. The number of rotatable bonds is 4. The van der Waals surface area contributed by atoms with Gasteiger partial charge in [0.05, 0.1) is 24.3 Å². The molecule has 0 spiro atoms. The molecule has 146 valence electrons. The molecule has 4 rings (SSSR count). The first-order valence-electron chi connectivity index (χ1n) is 9.35. The van der Waals surface area contributed by atoms with Gasteiger partial charge >= 0.3 is 6.03 Å². The molecule has 0 fully saturated rings. The fourth-order valence-corrected chi connectivity index (χ4v) is 3.74. The maximum absolute atomic E-state index is 13.9. The highest BCUT2D eigenvalue weighted by Gasteiger charge is 2.45. The first-order chi connectivity index (χ1) is 13.6. The first-order valence-corrected chi connectivity index (χ1v) is 9.35. The van der Waals surface area contributed by atoms with Gasteiger partial charge in [-0.2, -0.15) is 5.10 Å². The van der Waals surface area contributed by atoms with E-state index in [9.17, 15) is 9.18 Å². The van der Waals surface area contributed by atoms with Crippen molar-refractivity contribution >= 4 is 11.7 Å². The number of benzene rings is 2. The minimum atomic E-state index is -0.349. The molecule has 2 aromatic carbocycles. The Hall–Kier alpha value is -2.93. The SMILES string of the molecule is CNCCN(C)C(=O)N1N=C2c3cc(F)ccc3OC[C@H]2[C@H]1c1ccccc1. The normalized spacial score (nSPS) is 20.1. The average Bonchev–Trinajstić information content (AvgIpc) is 3.12. The van der Waals surface area contributed by atoms with Gasteiger partial charge in [-0.1, -0.05) is 30.3 Å². The maximum atomic E-state index is 13.9. The van der Waals surface area contributed by atoms with Crippen molar-refractivity contribution in [2.75, 3.05) is 33.8 Å². The lowest BCUT2D eigenvalue weighted by Crippen LogP contribution is -2.43. The summed E-state index contributed by atoms with van der Waals surface area (Å²) in [4.78, 5) is 14.8. The predicted octanol–water partition coefficient (Wildman–Crippen LogP) is 2.87. The molecule has 0 saturated heterocycles. The van der Waals surface area contributed by atoms with Crippen LogP contribution in [0.4, 0.5) is 9.18 Å². The summed E-state index contributed by atoms with van der Waals surface area (Å²) in [6.45, 7) is 1.63.